The number of nitriles is 1. The smallest absolute Gasteiger partial charge is 0.331 e. The van der Waals surface area contributed by atoms with Crippen LogP contribution in [0.5, 0.6) is 0 Å². The molecular formula is C13H13NO2. The normalized spacial score (nSPS) is 10.7. The molecule has 0 aliphatic heterocycles. The van der Waals surface area contributed by atoms with E-state index in [0.717, 1.165) is 11.1 Å². The molecule has 82 valence electrons. The third-order valence-corrected chi connectivity index (χ3v) is 2.07. The van der Waals surface area contributed by atoms with Crippen molar-refractivity contribution < 1.29 is 9.53 Å². The molecule has 0 amide bonds. The Labute approximate surface area is 95.0 Å². The second-order valence-electron chi connectivity index (χ2n) is 3.27. The lowest BCUT2D eigenvalue weighted by Crippen LogP contribution is -2.00. The maximum absolute atomic E-state index is 11.2. The van der Waals surface area contributed by atoms with Crippen molar-refractivity contribution in [1.82, 2.24) is 0 Å². The lowest BCUT2D eigenvalue weighted by molar-refractivity contribution is -0.137. The van der Waals surface area contributed by atoms with Crippen LogP contribution in [0.15, 0.2) is 30.3 Å². The Hall–Kier alpha value is -2.08. The van der Waals surface area contributed by atoms with E-state index in [2.05, 4.69) is 6.07 Å². The average molecular weight is 215 g/mol. The molecule has 0 aliphatic carbocycles. The van der Waals surface area contributed by atoms with Gasteiger partial charge in [-0.1, -0.05) is 12.1 Å². The van der Waals surface area contributed by atoms with Gasteiger partial charge >= 0.3 is 5.97 Å². The fraction of sp³-hybridized carbons (Fsp3) is 0.231. The molecular weight excluding hydrogens is 202 g/mol. The first-order chi connectivity index (χ1) is 7.67. The first-order valence-electron chi connectivity index (χ1n) is 5.03. The summed E-state index contributed by atoms with van der Waals surface area (Å²) in [5.41, 5.74) is 2.22. The van der Waals surface area contributed by atoms with Crippen LogP contribution < -0.4 is 0 Å². The van der Waals surface area contributed by atoms with E-state index in [1.807, 2.05) is 13.0 Å². The van der Waals surface area contributed by atoms with Crippen LogP contribution in [0.2, 0.25) is 0 Å². The number of benzene rings is 1. The van der Waals surface area contributed by atoms with Gasteiger partial charge in [-0.15, -0.1) is 0 Å². The molecule has 0 unspecified atom stereocenters. The van der Waals surface area contributed by atoms with E-state index < -0.39 is 0 Å². The standard InChI is InChI=1S/C13H13NO2/c1-3-16-13(15)7-10(2)12-6-4-5-11(8-12)9-14/h4-8H,3H2,1-2H3. The molecule has 0 aliphatic rings. The molecule has 0 atom stereocenters. The van der Waals surface area contributed by atoms with Gasteiger partial charge in [0.1, 0.15) is 0 Å². The fourth-order valence-corrected chi connectivity index (χ4v) is 1.28. The highest BCUT2D eigenvalue weighted by Gasteiger charge is 2.01. The molecule has 0 radical (unpaired) electrons. The molecule has 3 heteroatoms. The lowest BCUT2D eigenvalue weighted by atomic mass is 10.0. The summed E-state index contributed by atoms with van der Waals surface area (Å²) < 4.78 is 4.81. The van der Waals surface area contributed by atoms with Crippen molar-refractivity contribution >= 4 is 11.5 Å². The van der Waals surface area contributed by atoms with Gasteiger partial charge in [-0.25, -0.2) is 4.79 Å². The van der Waals surface area contributed by atoms with E-state index in [9.17, 15) is 4.79 Å². The van der Waals surface area contributed by atoms with Crippen LogP contribution in [0.4, 0.5) is 0 Å². The zero-order valence-corrected chi connectivity index (χ0v) is 9.36. The molecule has 1 rings (SSSR count). The molecule has 0 spiro atoms. The number of esters is 1. The van der Waals surface area contributed by atoms with Gasteiger partial charge in [0.25, 0.3) is 0 Å². The predicted molar refractivity (Wildman–Crippen MR) is 61.4 cm³/mol. The Bertz CT molecular complexity index is 455. The Morgan fingerprint density at radius 2 is 2.31 bits per heavy atom. The Balaban J connectivity index is 2.92. The van der Waals surface area contributed by atoms with E-state index in [1.165, 1.54) is 6.08 Å². The predicted octanol–water partition coefficient (Wildman–Crippen LogP) is 2.52. The molecule has 0 heterocycles. The second-order valence-corrected chi connectivity index (χ2v) is 3.27. The van der Waals surface area contributed by atoms with Crippen molar-refractivity contribution in [3.63, 3.8) is 0 Å². The van der Waals surface area contributed by atoms with Gasteiger partial charge in [-0.05, 0) is 37.1 Å². The van der Waals surface area contributed by atoms with Gasteiger partial charge in [0.15, 0.2) is 0 Å². The van der Waals surface area contributed by atoms with E-state index in [4.69, 9.17) is 10.00 Å². The number of carbonyl (C=O) groups is 1. The van der Waals surface area contributed by atoms with Crippen LogP contribution in [-0.2, 0) is 9.53 Å². The summed E-state index contributed by atoms with van der Waals surface area (Å²) in [5.74, 6) is -0.359. The number of carbonyl (C=O) groups excluding carboxylic acids is 1. The van der Waals surface area contributed by atoms with E-state index in [0.29, 0.717) is 12.2 Å². The second kappa shape index (κ2) is 5.72. The number of hydrogen-bond acceptors (Lipinski definition) is 3. The molecule has 0 saturated heterocycles. The molecule has 0 N–H and O–H groups in total. The number of nitrogens with zero attached hydrogens (tertiary/aromatic N) is 1. The number of allylic oxidation sites excluding steroid dienone is 1. The van der Waals surface area contributed by atoms with Crippen molar-refractivity contribution in [2.45, 2.75) is 13.8 Å². The van der Waals surface area contributed by atoms with E-state index >= 15 is 0 Å². The van der Waals surface area contributed by atoms with Gasteiger partial charge < -0.3 is 4.74 Å². The van der Waals surface area contributed by atoms with Gasteiger partial charge in [0, 0.05) is 6.08 Å². The summed E-state index contributed by atoms with van der Waals surface area (Å²) in [6.45, 7) is 3.94. The van der Waals surface area contributed by atoms with Crippen LogP contribution in [-0.4, -0.2) is 12.6 Å². The van der Waals surface area contributed by atoms with Crippen LogP contribution in [0.3, 0.4) is 0 Å². The molecule has 1 aromatic carbocycles. The minimum atomic E-state index is -0.359. The van der Waals surface area contributed by atoms with Gasteiger partial charge in [0.05, 0.1) is 18.2 Å². The third-order valence-electron chi connectivity index (χ3n) is 2.07. The van der Waals surface area contributed by atoms with Crippen molar-refractivity contribution in [1.29, 1.82) is 5.26 Å². The van der Waals surface area contributed by atoms with E-state index in [-0.39, 0.29) is 5.97 Å². The van der Waals surface area contributed by atoms with Gasteiger partial charge in [-0.3, -0.25) is 0 Å². The first kappa shape index (κ1) is 12.0. The maximum atomic E-state index is 11.2. The summed E-state index contributed by atoms with van der Waals surface area (Å²) >= 11 is 0. The molecule has 0 saturated carbocycles. The highest BCUT2D eigenvalue weighted by molar-refractivity contribution is 5.90. The summed E-state index contributed by atoms with van der Waals surface area (Å²) in [7, 11) is 0. The lowest BCUT2D eigenvalue weighted by Gasteiger charge is -2.02. The van der Waals surface area contributed by atoms with Crippen LogP contribution >= 0.6 is 0 Å². The number of hydrogen-bond donors (Lipinski definition) is 0. The van der Waals surface area contributed by atoms with Crippen molar-refractivity contribution in [2.24, 2.45) is 0 Å². The average Bonchev–Trinajstić information content (AvgIpc) is 2.29. The summed E-state index contributed by atoms with van der Waals surface area (Å²) in [4.78, 5) is 11.2. The monoisotopic (exact) mass is 215 g/mol. The fourth-order valence-electron chi connectivity index (χ4n) is 1.28. The van der Waals surface area contributed by atoms with E-state index in [1.54, 1.807) is 25.1 Å². The van der Waals surface area contributed by atoms with Crippen molar-refractivity contribution in [3.8, 4) is 6.07 Å². The minimum absolute atomic E-state index is 0.359. The molecule has 16 heavy (non-hydrogen) atoms. The highest BCUT2D eigenvalue weighted by atomic mass is 16.5. The molecule has 0 bridgehead atoms. The first-order valence-corrected chi connectivity index (χ1v) is 5.03. The topological polar surface area (TPSA) is 50.1 Å². The highest BCUT2D eigenvalue weighted by Crippen LogP contribution is 2.15. The zero-order valence-electron chi connectivity index (χ0n) is 9.36. The Kier molecular flexibility index (Phi) is 4.28. The molecule has 0 fully saturated rings. The van der Waals surface area contributed by atoms with Crippen LogP contribution in [0.1, 0.15) is 25.0 Å². The summed E-state index contributed by atoms with van der Waals surface area (Å²) in [6, 6.07) is 9.16. The quantitative estimate of drug-likeness (QED) is 0.575. The maximum Gasteiger partial charge on any atom is 0.331 e. The van der Waals surface area contributed by atoms with Crippen molar-refractivity contribution in [2.75, 3.05) is 6.61 Å². The molecule has 0 aromatic heterocycles. The summed E-state index contributed by atoms with van der Waals surface area (Å²) in [5, 5.41) is 8.75. The van der Waals surface area contributed by atoms with Crippen LogP contribution in [0, 0.1) is 11.3 Å². The minimum Gasteiger partial charge on any atom is -0.463 e. The van der Waals surface area contributed by atoms with Gasteiger partial charge in [-0.2, -0.15) is 5.26 Å². The van der Waals surface area contributed by atoms with Gasteiger partial charge in [0.2, 0.25) is 0 Å². The number of rotatable bonds is 3. The SMILES string of the molecule is CCOC(=O)C=C(C)c1cccc(C#N)c1. The molecule has 3 nitrogen and oxygen atoms in total. The largest absolute Gasteiger partial charge is 0.463 e. The Morgan fingerprint density at radius 1 is 1.56 bits per heavy atom. The van der Waals surface area contributed by atoms with Crippen LogP contribution in [0.25, 0.3) is 5.57 Å². The summed E-state index contributed by atoms with van der Waals surface area (Å²) in [6.07, 6.45) is 1.43. The van der Waals surface area contributed by atoms with Crippen molar-refractivity contribution in [3.05, 3.63) is 41.5 Å². The Morgan fingerprint density at radius 3 is 2.94 bits per heavy atom. The zero-order chi connectivity index (χ0) is 12.0. The number of ether oxygens (including phenoxy) is 1. The molecule has 1 aromatic rings. The third kappa shape index (κ3) is 3.25.